The molecule has 0 aromatic heterocycles. The van der Waals surface area contributed by atoms with E-state index >= 15 is 0 Å². The van der Waals surface area contributed by atoms with E-state index in [-0.39, 0.29) is 17.8 Å². The molecule has 19 heavy (non-hydrogen) atoms. The molecule has 0 aliphatic rings. The fraction of sp³-hybridized carbons (Fsp3) is 0.500. The van der Waals surface area contributed by atoms with Gasteiger partial charge in [0.1, 0.15) is 12.4 Å². The highest BCUT2D eigenvalue weighted by atomic mass is 19.4. The summed E-state index contributed by atoms with van der Waals surface area (Å²) >= 11 is 0. The maximum absolute atomic E-state index is 13.8. The van der Waals surface area contributed by atoms with Gasteiger partial charge in [-0.15, -0.1) is 0 Å². The fourth-order valence-corrected chi connectivity index (χ4v) is 1.66. The predicted octanol–water partition coefficient (Wildman–Crippen LogP) is 2.24. The number of hydrogen-bond acceptors (Lipinski definition) is 3. The summed E-state index contributed by atoms with van der Waals surface area (Å²) in [6.45, 7) is -0.772. The van der Waals surface area contributed by atoms with Gasteiger partial charge < -0.3 is 15.1 Å². The topological polar surface area (TPSA) is 43.7 Å². The zero-order chi connectivity index (χ0) is 14.6. The molecule has 0 bridgehead atoms. The van der Waals surface area contributed by atoms with Crippen LogP contribution in [0.1, 0.15) is 18.6 Å². The molecule has 0 heterocycles. The predicted molar refractivity (Wildman–Crippen MR) is 62.4 cm³/mol. The van der Waals surface area contributed by atoms with Crippen LogP contribution in [0.2, 0.25) is 0 Å². The van der Waals surface area contributed by atoms with Crippen LogP contribution >= 0.6 is 0 Å². The zero-order valence-electron chi connectivity index (χ0n) is 10.3. The highest BCUT2D eigenvalue weighted by Crippen LogP contribution is 2.26. The molecule has 0 radical (unpaired) electrons. The minimum Gasteiger partial charge on any atom is -0.395 e. The van der Waals surface area contributed by atoms with E-state index in [2.05, 4.69) is 0 Å². The Balaban J connectivity index is 3.02. The van der Waals surface area contributed by atoms with Crippen molar-refractivity contribution in [1.29, 1.82) is 0 Å². The van der Waals surface area contributed by atoms with Crippen LogP contribution < -0.4 is 4.90 Å². The van der Waals surface area contributed by atoms with Crippen LogP contribution in [0.3, 0.4) is 0 Å². The van der Waals surface area contributed by atoms with Crippen molar-refractivity contribution in [2.75, 3.05) is 24.6 Å². The number of hydrogen-bond donors (Lipinski definition) is 2. The molecular weight excluding hydrogens is 266 g/mol. The lowest BCUT2D eigenvalue weighted by atomic mass is 10.1. The first-order valence-electron chi connectivity index (χ1n) is 5.64. The van der Waals surface area contributed by atoms with Gasteiger partial charge in [0.25, 0.3) is 0 Å². The quantitative estimate of drug-likeness (QED) is 0.814. The summed E-state index contributed by atoms with van der Waals surface area (Å²) in [6.07, 6.45) is -5.40. The number of benzene rings is 1. The molecule has 7 heteroatoms. The van der Waals surface area contributed by atoms with Gasteiger partial charge in [-0.2, -0.15) is 13.2 Å². The van der Waals surface area contributed by atoms with Gasteiger partial charge in [-0.05, 0) is 24.6 Å². The van der Waals surface area contributed by atoms with E-state index in [1.807, 2.05) is 0 Å². The molecule has 1 atom stereocenters. The summed E-state index contributed by atoms with van der Waals surface area (Å²) < 4.78 is 50.9. The minimum absolute atomic E-state index is 0.254. The van der Waals surface area contributed by atoms with Crippen molar-refractivity contribution in [3.63, 3.8) is 0 Å². The molecule has 1 aromatic rings. The van der Waals surface area contributed by atoms with Crippen molar-refractivity contribution in [2.24, 2.45) is 0 Å². The number of aliphatic hydroxyl groups is 2. The summed E-state index contributed by atoms with van der Waals surface area (Å²) in [7, 11) is 0. The molecule has 108 valence electrons. The zero-order valence-corrected chi connectivity index (χ0v) is 10.3. The Morgan fingerprint density at radius 1 is 1.32 bits per heavy atom. The molecule has 0 saturated carbocycles. The van der Waals surface area contributed by atoms with Gasteiger partial charge in [0.15, 0.2) is 0 Å². The van der Waals surface area contributed by atoms with E-state index in [9.17, 15) is 22.7 Å². The summed E-state index contributed by atoms with van der Waals surface area (Å²) in [5.74, 6) is -0.865. The second kappa shape index (κ2) is 6.21. The fourth-order valence-electron chi connectivity index (χ4n) is 1.66. The van der Waals surface area contributed by atoms with Crippen molar-refractivity contribution in [3.05, 3.63) is 29.6 Å². The van der Waals surface area contributed by atoms with Gasteiger partial charge in [-0.25, -0.2) is 4.39 Å². The van der Waals surface area contributed by atoms with E-state index in [1.54, 1.807) is 0 Å². The van der Waals surface area contributed by atoms with Crippen LogP contribution in [0, 0.1) is 5.82 Å². The number of rotatable bonds is 5. The van der Waals surface area contributed by atoms with Crippen molar-refractivity contribution in [3.8, 4) is 0 Å². The molecule has 0 spiro atoms. The highest BCUT2D eigenvalue weighted by Gasteiger charge is 2.31. The normalized spacial score (nSPS) is 13.4. The van der Waals surface area contributed by atoms with Gasteiger partial charge in [-0.3, -0.25) is 0 Å². The molecule has 1 aromatic carbocycles. The summed E-state index contributed by atoms with van der Waals surface area (Å²) in [6, 6.07) is 3.50. The van der Waals surface area contributed by atoms with Gasteiger partial charge in [0.2, 0.25) is 0 Å². The van der Waals surface area contributed by atoms with Crippen molar-refractivity contribution < 1.29 is 27.8 Å². The van der Waals surface area contributed by atoms with E-state index in [0.29, 0.717) is 4.90 Å². The van der Waals surface area contributed by atoms with Gasteiger partial charge in [0.05, 0.1) is 18.4 Å². The Bertz CT molecular complexity index is 421. The van der Waals surface area contributed by atoms with Crippen LogP contribution in [-0.2, 0) is 0 Å². The largest absolute Gasteiger partial charge is 0.405 e. The summed E-state index contributed by atoms with van der Waals surface area (Å²) in [5, 5.41) is 18.0. The van der Waals surface area contributed by atoms with E-state index in [0.717, 1.165) is 6.07 Å². The average molecular weight is 281 g/mol. The van der Waals surface area contributed by atoms with Crippen LogP contribution in [0.25, 0.3) is 0 Å². The van der Waals surface area contributed by atoms with E-state index < -0.39 is 31.2 Å². The van der Waals surface area contributed by atoms with Gasteiger partial charge >= 0.3 is 6.18 Å². The number of nitrogens with zero attached hydrogens (tertiary/aromatic N) is 1. The Labute approximate surface area is 108 Å². The Morgan fingerprint density at radius 2 is 1.95 bits per heavy atom. The van der Waals surface area contributed by atoms with Crippen molar-refractivity contribution in [1.82, 2.24) is 0 Å². The monoisotopic (exact) mass is 281 g/mol. The highest BCUT2D eigenvalue weighted by molar-refractivity contribution is 5.49. The Kier molecular flexibility index (Phi) is 5.13. The molecule has 3 nitrogen and oxygen atoms in total. The van der Waals surface area contributed by atoms with Crippen molar-refractivity contribution >= 4 is 5.69 Å². The molecule has 0 aliphatic heterocycles. The van der Waals surface area contributed by atoms with E-state index in [4.69, 9.17) is 5.11 Å². The maximum atomic E-state index is 13.8. The van der Waals surface area contributed by atoms with Crippen LogP contribution in [-0.4, -0.2) is 36.1 Å². The lowest BCUT2D eigenvalue weighted by Crippen LogP contribution is -2.36. The third-order valence-electron chi connectivity index (χ3n) is 2.53. The summed E-state index contributed by atoms with van der Waals surface area (Å²) in [4.78, 5) is 0.709. The molecule has 1 rings (SSSR count). The van der Waals surface area contributed by atoms with Crippen LogP contribution in [0.5, 0.6) is 0 Å². The first-order chi connectivity index (χ1) is 8.74. The van der Waals surface area contributed by atoms with E-state index in [1.165, 1.54) is 19.1 Å². The average Bonchev–Trinajstić information content (AvgIpc) is 2.26. The maximum Gasteiger partial charge on any atom is 0.405 e. The number of alkyl halides is 3. The van der Waals surface area contributed by atoms with Crippen LogP contribution in [0.4, 0.5) is 23.2 Å². The van der Waals surface area contributed by atoms with Gasteiger partial charge in [-0.1, -0.05) is 6.07 Å². The number of anilines is 1. The van der Waals surface area contributed by atoms with Gasteiger partial charge in [0, 0.05) is 6.54 Å². The summed E-state index contributed by atoms with van der Waals surface area (Å²) in [5.41, 5.74) is 0.0213. The Hall–Kier alpha value is -1.34. The number of halogens is 4. The third-order valence-corrected chi connectivity index (χ3v) is 2.53. The molecule has 0 fully saturated rings. The molecule has 0 unspecified atom stereocenters. The minimum atomic E-state index is -4.50. The Morgan fingerprint density at radius 3 is 2.37 bits per heavy atom. The standard InChI is InChI=1S/C12H15F4NO2/c1-8(19)9-2-3-11(10(13)6-9)17(4-5-18)7-12(14,15)16/h2-3,6,8,18-19H,4-5,7H2,1H3/t8-/m1/s1. The first-order valence-corrected chi connectivity index (χ1v) is 5.64. The molecule has 0 amide bonds. The van der Waals surface area contributed by atoms with Crippen LogP contribution in [0.15, 0.2) is 18.2 Å². The smallest absolute Gasteiger partial charge is 0.395 e. The van der Waals surface area contributed by atoms with Crippen molar-refractivity contribution in [2.45, 2.75) is 19.2 Å². The second-order valence-electron chi connectivity index (χ2n) is 4.15. The third kappa shape index (κ3) is 4.68. The molecular formula is C12H15F4NO2. The lowest BCUT2D eigenvalue weighted by Gasteiger charge is -2.26. The first kappa shape index (κ1) is 15.7. The lowest BCUT2D eigenvalue weighted by molar-refractivity contribution is -0.119. The molecule has 2 N–H and O–H groups in total. The SMILES string of the molecule is C[C@@H](O)c1ccc(N(CCO)CC(F)(F)F)c(F)c1. The number of aliphatic hydroxyl groups excluding tert-OH is 2. The molecule has 0 saturated heterocycles. The second-order valence-corrected chi connectivity index (χ2v) is 4.15. The molecule has 0 aliphatic carbocycles.